The number of ether oxygens (including phenoxy) is 1. The van der Waals surface area contributed by atoms with Crippen LogP contribution < -0.4 is 20.3 Å². The number of pyridine rings is 1. The van der Waals surface area contributed by atoms with Crippen LogP contribution in [0.25, 0.3) is 0 Å². The molecule has 0 aliphatic carbocycles. The summed E-state index contributed by atoms with van der Waals surface area (Å²) in [5.41, 5.74) is 2.71. The third kappa shape index (κ3) is 4.82. The summed E-state index contributed by atoms with van der Waals surface area (Å²) >= 11 is 0. The van der Waals surface area contributed by atoms with Gasteiger partial charge in [0.2, 0.25) is 5.91 Å². The number of nitrogens with zero attached hydrogens (tertiary/aromatic N) is 3. The lowest BCUT2D eigenvalue weighted by atomic mass is 10.2. The van der Waals surface area contributed by atoms with Crippen molar-refractivity contribution in [2.45, 2.75) is 20.5 Å². The van der Waals surface area contributed by atoms with E-state index in [4.69, 9.17) is 9.26 Å². The van der Waals surface area contributed by atoms with Gasteiger partial charge in [-0.05, 0) is 44.2 Å². The lowest BCUT2D eigenvalue weighted by Crippen LogP contribution is -2.48. The summed E-state index contributed by atoms with van der Waals surface area (Å²) in [5, 5.41) is 9.53. The van der Waals surface area contributed by atoms with E-state index in [0.29, 0.717) is 48.3 Å². The molecule has 0 unspecified atom stereocenters. The maximum Gasteiger partial charge on any atom is 0.255 e. The predicted molar refractivity (Wildman–Crippen MR) is 114 cm³/mol. The van der Waals surface area contributed by atoms with E-state index in [2.05, 4.69) is 20.8 Å². The van der Waals surface area contributed by atoms with E-state index >= 15 is 0 Å². The highest BCUT2D eigenvalue weighted by atomic mass is 16.5. The van der Waals surface area contributed by atoms with Crippen molar-refractivity contribution < 1.29 is 18.8 Å². The van der Waals surface area contributed by atoms with Crippen LogP contribution in [-0.2, 0) is 11.4 Å². The number of nitrogens with one attached hydrogen (secondary N) is 2. The Hall–Kier alpha value is -3.88. The molecular weight excluding hydrogens is 398 g/mol. The number of carbonyl (C=O) groups is 2. The van der Waals surface area contributed by atoms with Crippen LogP contribution >= 0.6 is 0 Å². The molecule has 4 rings (SSSR count). The first-order valence-corrected chi connectivity index (χ1v) is 9.93. The molecule has 1 aliphatic heterocycles. The van der Waals surface area contributed by atoms with Crippen LogP contribution in [0.5, 0.6) is 5.75 Å². The molecule has 0 atom stereocenters. The van der Waals surface area contributed by atoms with Gasteiger partial charge in [-0.2, -0.15) is 0 Å². The Bertz CT molecular complexity index is 1070. The van der Waals surface area contributed by atoms with E-state index in [0.717, 1.165) is 11.3 Å². The summed E-state index contributed by atoms with van der Waals surface area (Å²) in [6, 6.07) is 10.5. The zero-order chi connectivity index (χ0) is 21.8. The van der Waals surface area contributed by atoms with Gasteiger partial charge >= 0.3 is 0 Å². The number of aromatic nitrogens is 2. The number of piperazine rings is 1. The molecule has 9 heteroatoms. The van der Waals surface area contributed by atoms with Gasteiger partial charge in [-0.1, -0.05) is 11.2 Å². The molecule has 3 heterocycles. The van der Waals surface area contributed by atoms with Gasteiger partial charge in [-0.3, -0.25) is 9.59 Å². The minimum Gasteiger partial charge on any atom is -0.489 e. The van der Waals surface area contributed by atoms with Crippen LogP contribution in [0.3, 0.4) is 0 Å². The zero-order valence-electron chi connectivity index (χ0n) is 17.3. The quantitative estimate of drug-likeness (QED) is 0.629. The SMILES string of the molecule is Cc1noc(C)c1COc1cccc(C(=O)Nc2ccc(N3CCNC(=O)C3)nc2)c1. The molecule has 1 saturated heterocycles. The molecule has 1 aliphatic rings. The number of aryl methyl sites for hydroxylation is 2. The van der Waals surface area contributed by atoms with Gasteiger partial charge in [0.15, 0.2) is 0 Å². The maximum atomic E-state index is 12.7. The first-order chi connectivity index (χ1) is 15.0. The fourth-order valence-corrected chi connectivity index (χ4v) is 3.28. The molecule has 2 aromatic heterocycles. The summed E-state index contributed by atoms with van der Waals surface area (Å²) < 4.78 is 11.0. The number of rotatable bonds is 6. The molecule has 0 radical (unpaired) electrons. The number of carbonyl (C=O) groups excluding carboxylic acids is 2. The Morgan fingerprint density at radius 2 is 2.16 bits per heavy atom. The van der Waals surface area contributed by atoms with E-state index in [9.17, 15) is 9.59 Å². The Kier molecular flexibility index (Phi) is 5.83. The standard InChI is InChI=1S/C22H23N5O4/c1-14-19(15(2)31-26-14)13-30-18-5-3-4-16(10-18)22(29)25-17-6-7-20(24-11-17)27-9-8-23-21(28)12-27/h3-7,10-11H,8-9,12-13H2,1-2H3,(H,23,28)(H,25,29). The second-order valence-corrected chi connectivity index (χ2v) is 7.25. The molecule has 1 fully saturated rings. The summed E-state index contributed by atoms with van der Waals surface area (Å²) in [6.07, 6.45) is 1.58. The van der Waals surface area contributed by atoms with Crippen molar-refractivity contribution in [3.8, 4) is 5.75 Å². The van der Waals surface area contributed by atoms with E-state index in [1.165, 1.54) is 0 Å². The second-order valence-electron chi connectivity index (χ2n) is 7.25. The van der Waals surface area contributed by atoms with Gasteiger partial charge in [-0.15, -0.1) is 0 Å². The minimum atomic E-state index is -0.269. The molecule has 0 spiro atoms. The number of hydrogen-bond acceptors (Lipinski definition) is 7. The number of amides is 2. The van der Waals surface area contributed by atoms with Gasteiger partial charge in [0.1, 0.15) is 23.9 Å². The van der Waals surface area contributed by atoms with E-state index in [1.54, 1.807) is 42.6 Å². The molecule has 2 amide bonds. The van der Waals surface area contributed by atoms with Crippen molar-refractivity contribution in [3.05, 3.63) is 65.2 Å². The van der Waals surface area contributed by atoms with Gasteiger partial charge in [0.05, 0.1) is 29.7 Å². The lowest BCUT2D eigenvalue weighted by molar-refractivity contribution is -0.120. The first-order valence-electron chi connectivity index (χ1n) is 9.93. The third-order valence-electron chi connectivity index (χ3n) is 5.03. The minimum absolute atomic E-state index is 0.0260. The van der Waals surface area contributed by atoms with Gasteiger partial charge in [0, 0.05) is 18.7 Å². The summed E-state index contributed by atoms with van der Waals surface area (Å²) in [5.74, 6) is 1.69. The van der Waals surface area contributed by atoms with Crippen molar-refractivity contribution in [2.75, 3.05) is 29.9 Å². The van der Waals surface area contributed by atoms with Crippen LogP contribution in [-0.4, -0.2) is 41.6 Å². The molecule has 9 nitrogen and oxygen atoms in total. The molecule has 31 heavy (non-hydrogen) atoms. The predicted octanol–water partition coefficient (Wildman–Crippen LogP) is 2.45. The van der Waals surface area contributed by atoms with Gasteiger partial charge < -0.3 is 24.8 Å². The fraction of sp³-hybridized carbons (Fsp3) is 0.273. The average Bonchev–Trinajstić information content (AvgIpc) is 3.10. The highest BCUT2D eigenvalue weighted by molar-refractivity contribution is 6.04. The fourth-order valence-electron chi connectivity index (χ4n) is 3.28. The highest BCUT2D eigenvalue weighted by Gasteiger charge is 2.17. The first kappa shape index (κ1) is 20.4. The Morgan fingerprint density at radius 3 is 2.87 bits per heavy atom. The van der Waals surface area contributed by atoms with Crippen molar-refractivity contribution in [3.63, 3.8) is 0 Å². The molecule has 160 valence electrons. The van der Waals surface area contributed by atoms with E-state index < -0.39 is 0 Å². The zero-order valence-corrected chi connectivity index (χ0v) is 17.3. The summed E-state index contributed by atoms with van der Waals surface area (Å²) in [4.78, 5) is 30.4. The number of benzene rings is 1. The second kappa shape index (κ2) is 8.86. The monoisotopic (exact) mass is 421 g/mol. The molecule has 0 bridgehead atoms. The largest absolute Gasteiger partial charge is 0.489 e. The Morgan fingerprint density at radius 1 is 1.29 bits per heavy atom. The molecule has 2 N–H and O–H groups in total. The van der Waals surface area contributed by atoms with Crippen molar-refractivity contribution in [1.82, 2.24) is 15.5 Å². The average molecular weight is 421 g/mol. The molecule has 1 aromatic carbocycles. The topological polar surface area (TPSA) is 110 Å². The maximum absolute atomic E-state index is 12.7. The van der Waals surface area contributed by atoms with E-state index in [-0.39, 0.29) is 18.4 Å². The van der Waals surface area contributed by atoms with Crippen LogP contribution in [0.2, 0.25) is 0 Å². The molecule has 3 aromatic rings. The summed E-state index contributed by atoms with van der Waals surface area (Å²) in [7, 11) is 0. The number of hydrogen-bond donors (Lipinski definition) is 2. The Balaban J connectivity index is 1.38. The van der Waals surface area contributed by atoms with Crippen LogP contribution in [0.4, 0.5) is 11.5 Å². The summed E-state index contributed by atoms with van der Waals surface area (Å²) in [6.45, 7) is 5.57. The van der Waals surface area contributed by atoms with E-state index in [1.807, 2.05) is 18.7 Å². The number of anilines is 2. The Labute approximate surface area is 179 Å². The van der Waals surface area contributed by atoms with Gasteiger partial charge in [0.25, 0.3) is 5.91 Å². The molecule has 0 saturated carbocycles. The third-order valence-corrected chi connectivity index (χ3v) is 5.03. The van der Waals surface area contributed by atoms with Crippen LogP contribution in [0.15, 0.2) is 47.1 Å². The normalized spacial score (nSPS) is 13.6. The van der Waals surface area contributed by atoms with Gasteiger partial charge in [-0.25, -0.2) is 4.98 Å². The highest BCUT2D eigenvalue weighted by Crippen LogP contribution is 2.20. The smallest absolute Gasteiger partial charge is 0.255 e. The molecular formula is C22H23N5O4. The van der Waals surface area contributed by atoms with Crippen molar-refractivity contribution in [1.29, 1.82) is 0 Å². The van der Waals surface area contributed by atoms with Crippen LogP contribution in [0.1, 0.15) is 27.4 Å². The van der Waals surface area contributed by atoms with Crippen molar-refractivity contribution in [2.24, 2.45) is 0 Å². The van der Waals surface area contributed by atoms with Crippen LogP contribution in [0, 0.1) is 13.8 Å². The van der Waals surface area contributed by atoms with Crippen molar-refractivity contribution >= 4 is 23.3 Å². The lowest BCUT2D eigenvalue weighted by Gasteiger charge is -2.27.